The van der Waals surface area contributed by atoms with Crippen molar-refractivity contribution in [3.8, 4) is 17.2 Å². The molecule has 1 N–H and O–H groups in total. The van der Waals surface area contributed by atoms with E-state index in [2.05, 4.69) is 19.1 Å². The highest BCUT2D eigenvalue weighted by atomic mass is 16.5. The third-order valence-electron chi connectivity index (χ3n) is 3.16. The maximum Gasteiger partial charge on any atom is 0.128 e. The molecule has 0 saturated heterocycles. The number of phenols is 1. The number of hydrogen-bond donors (Lipinski definition) is 1. The molecule has 0 heterocycles. The smallest absolute Gasteiger partial charge is 0.128 e. The number of ether oxygens (including phenoxy) is 1. The lowest BCUT2D eigenvalue weighted by Gasteiger charge is -2.10. The molecule has 0 aliphatic heterocycles. The lowest BCUT2D eigenvalue weighted by molar-refractivity contribution is 0.456. The highest BCUT2D eigenvalue weighted by Crippen LogP contribution is 2.30. The monoisotopic (exact) mass is 316 g/mol. The molecule has 2 aromatic carbocycles. The lowest BCUT2D eigenvalue weighted by atomic mass is 10.1. The quantitative estimate of drug-likeness (QED) is 0.671. The van der Waals surface area contributed by atoms with Crippen LogP contribution in [0.1, 0.15) is 57.7 Å². The second kappa shape index (κ2) is 11.6. The predicted molar refractivity (Wildman–Crippen MR) is 101 cm³/mol. The van der Waals surface area contributed by atoms with Gasteiger partial charge in [-0.3, -0.25) is 0 Å². The van der Waals surface area contributed by atoms with E-state index in [0.717, 1.165) is 35.5 Å². The highest BCUT2D eigenvalue weighted by molar-refractivity contribution is 5.46. The van der Waals surface area contributed by atoms with E-state index < -0.39 is 0 Å². The average molecular weight is 316 g/mol. The van der Waals surface area contributed by atoms with Crippen LogP contribution >= 0.6 is 0 Å². The van der Waals surface area contributed by atoms with Crippen molar-refractivity contribution in [2.24, 2.45) is 0 Å². The van der Waals surface area contributed by atoms with Gasteiger partial charge in [0.15, 0.2) is 0 Å². The zero-order valence-corrected chi connectivity index (χ0v) is 15.7. The van der Waals surface area contributed by atoms with Crippen molar-refractivity contribution in [3.63, 3.8) is 0 Å². The van der Waals surface area contributed by atoms with E-state index >= 15 is 0 Å². The molecule has 2 rings (SSSR count). The Hall–Kier alpha value is -1.96. The van der Waals surface area contributed by atoms with Gasteiger partial charge in [0.1, 0.15) is 17.2 Å². The second-order valence-corrected chi connectivity index (χ2v) is 4.90. The van der Waals surface area contributed by atoms with Gasteiger partial charge in [0, 0.05) is 0 Å². The third kappa shape index (κ3) is 6.77. The summed E-state index contributed by atoms with van der Waals surface area (Å²) in [5, 5.41) is 9.74. The first-order valence-electron chi connectivity index (χ1n) is 8.67. The van der Waals surface area contributed by atoms with E-state index in [9.17, 15) is 5.11 Å². The lowest BCUT2D eigenvalue weighted by Crippen LogP contribution is -1.89. The number of benzene rings is 2. The minimum absolute atomic E-state index is 0.339. The Bertz CT molecular complexity index is 534. The van der Waals surface area contributed by atoms with Crippen molar-refractivity contribution >= 4 is 0 Å². The molecule has 2 aromatic rings. The van der Waals surface area contributed by atoms with E-state index in [0.29, 0.717) is 5.75 Å². The first-order valence-corrected chi connectivity index (χ1v) is 8.67. The van der Waals surface area contributed by atoms with Gasteiger partial charge in [0.05, 0.1) is 0 Å². The van der Waals surface area contributed by atoms with Crippen molar-refractivity contribution in [2.45, 2.75) is 61.3 Å². The normalized spacial score (nSPS) is 9.17. The van der Waals surface area contributed by atoms with Crippen molar-refractivity contribution < 1.29 is 9.84 Å². The van der Waals surface area contributed by atoms with Gasteiger partial charge in [0.25, 0.3) is 0 Å². The van der Waals surface area contributed by atoms with Gasteiger partial charge in [0.2, 0.25) is 0 Å². The molecule has 0 aromatic heterocycles. The fraction of sp³-hybridized carbons (Fsp3) is 0.429. The van der Waals surface area contributed by atoms with Crippen LogP contribution in [0.3, 0.4) is 0 Å². The van der Waals surface area contributed by atoms with Crippen LogP contribution in [-0.2, 0) is 6.42 Å². The molecule has 0 aliphatic carbocycles. The number of rotatable bonds is 4. The summed E-state index contributed by atoms with van der Waals surface area (Å²) in [6.45, 7) is 13.9. The van der Waals surface area contributed by atoms with Gasteiger partial charge in [-0.25, -0.2) is 0 Å². The van der Waals surface area contributed by atoms with Crippen molar-refractivity contribution in [1.82, 2.24) is 0 Å². The first-order chi connectivity index (χ1) is 11.1. The fourth-order valence-electron chi connectivity index (χ4n) is 2.12. The van der Waals surface area contributed by atoms with Crippen LogP contribution in [0, 0.1) is 13.8 Å². The molecule has 0 radical (unpaired) electrons. The van der Waals surface area contributed by atoms with Gasteiger partial charge in [-0.05, 0) is 61.2 Å². The molecule has 128 valence electrons. The summed E-state index contributed by atoms with van der Waals surface area (Å²) in [6.07, 6.45) is 2.24. The van der Waals surface area contributed by atoms with Crippen LogP contribution in [0.2, 0.25) is 0 Å². The van der Waals surface area contributed by atoms with Crippen molar-refractivity contribution in [3.05, 3.63) is 53.1 Å². The van der Waals surface area contributed by atoms with Crippen LogP contribution in [0.4, 0.5) is 0 Å². The maximum atomic E-state index is 9.74. The third-order valence-corrected chi connectivity index (χ3v) is 3.16. The molecule has 2 nitrogen and oxygen atoms in total. The molecule has 0 fully saturated rings. The largest absolute Gasteiger partial charge is 0.507 e. The number of phenolic OH excluding ortho intramolecular Hbond substituents is 1. The Labute approximate surface area is 142 Å². The molecule has 0 aliphatic rings. The average Bonchev–Trinajstić information content (AvgIpc) is 2.58. The minimum Gasteiger partial charge on any atom is -0.507 e. The Morgan fingerprint density at radius 2 is 1.30 bits per heavy atom. The number of hydrogen-bond acceptors (Lipinski definition) is 2. The maximum absolute atomic E-state index is 9.74. The zero-order valence-electron chi connectivity index (χ0n) is 15.7. The summed E-state index contributed by atoms with van der Waals surface area (Å²) in [6, 6.07) is 11.9. The molecular weight excluding hydrogens is 284 g/mol. The van der Waals surface area contributed by atoms with E-state index in [1.54, 1.807) is 0 Å². The molecule has 0 spiro atoms. The summed E-state index contributed by atoms with van der Waals surface area (Å²) in [7, 11) is 0. The van der Waals surface area contributed by atoms with Gasteiger partial charge in [-0.2, -0.15) is 0 Å². The Morgan fingerprint density at radius 3 is 1.74 bits per heavy atom. The fourth-order valence-corrected chi connectivity index (χ4v) is 2.12. The van der Waals surface area contributed by atoms with Crippen LogP contribution < -0.4 is 4.74 Å². The Kier molecular flexibility index (Phi) is 10.6. The van der Waals surface area contributed by atoms with Crippen molar-refractivity contribution in [1.29, 1.82) is 0 Å². The number of aryl methyl sites for hydroxylation is 3. The van der Waals surface area contributed by atoms with E-state index in [-0.39, 0.29) is 0 Å². The summed E-state index contributed by atoms with van der Waals surface area (Å²) in [4.78, 5) is 0. The van der Waals surface area contributed by atoms with E-state index in [1.807, 2.05) is 65.8 Å². The molecule has 0 atom stereocenters. The SMILES string of the molecule is CC.CC.CCCc1ccc(Oc2cc(C)c(O)c(C)c2)cc1. The molecule has 2 heteroatoms. The Balaban J connectivity index is 0.00000112. The molecule has 23 heavy (non-hydrogen) atoms. The first kappa shape index (κ1) is 21.0. The highest BCUT2D eigenvalue weighted by Gasteiger charge is 2.05. The molecule has 0 saturated carbocycles. The summed E-state index contributed by atoms with van der Waals surface area (Å²) < 4.78 is 5.82. The standard InChI is InChI=1S/C17H20O2.2C2H6/c1-4-5-14-6-8-15(9-7-14)19-16-10-12(2)17(18)13(3)11-16;2*1-2/h6-11,18H,4-5H2,1-3H3;2*1-2H3. The van der Waals surface area contributed by atoms with Gasteiger partial charge < -0.3 is 9.84 Å². The zero-order chi connectivity index (χ0) is 17.8. The molecule has 0 unspecified atom stereocenters. The predicted octanol–water partition coefficient (Wildman–Crippen LogP) is 6.81. The van der Waals surface area contributed by atoms with E-state index in [1.165, 1.54) is 5.56 Å². The van der Waals surface area contributed by atoms with Gasteiger partial charge in [-0.1, -0.05) is 53.2 Å². The topological polar surface area (TPSA) is 29.5 Å². The van der Waals surface area contributed by atoms with Crippen LogP contribution in [0.15, 0.2) is 36.4 Å². The van der Waals surface area contributed by atoms with Crippen LogP contribution in [0.25, 0.3) is 0 Å². The Morgan fingerprint density at radius 1 is 0.826 bits per heavy atom. The molecule has 0 bridgehead atoms. The van der Waals surface area contributed by atoms with Crippen molar-refractivity contribution in [2.75, 3.05) is 0 Å². The minimum atomic E-state index is 0.339. The summed E-state index contributed by atoms with van der Waals surface area (Å²) >= 11 is 0. The van der Waals surface area contributed by atoms with Crippen LogP contribution in [-0.4, -0.2) is 5.11 Å². The molecule has 0 amide bonds. The van der Waals surface area contributed by atoms with Gasteiger partial charge in [-0.15, -0.1) is 0 Å². The van der Waals surface area contributed by atoms with Gasteiger partial charge >= 0.3 is 0 Å². The second-order valence-electron chi connectivity index (χ2n) is 4.90. The number of aromatic hydroxyl groups is 1. The van der Waals surface area contributed by atoms with E-state index in [4.69, 9.17) is 4.74 Å². The summed E-state index contributed by atoms with van der Waals surface area (Å²) in [5.41, 5.74) is 2.99. The van der Waals surface area contributed by atoms with Crippen LogP contribution in [0.5, 0.6) is 17.2 Å². The molecular formula is C21H32O2. The summed E-state index contributed by atoms with van der Waals surface area (Å²) in [5.74, 6) is 1.92.